The lowest BCUT2D eigenvalue weighted by Crippen LogP contribution is -2.15. The molecule has 0 aliphatic rings. The van der Waals surface area contributed by atoms with E-state index >= 15 is 0 Å². The van der Waals surface area contributed by atoms with Crippen LogP contribution >= 0.6 is 0 Å². The van der Waals surface area contributed by atoms with E-state index in [4.69, 9.17) is 5.73 Å². The van der Waals surface area contributed by atoms with Crippen molar-refractivity contribution in [2.75, 3.05) is 0 Å². The van der Waals surface area contributed by atoms with Crippen LogP contribution in [-0.2, 0) is 6.42 Å². The highest BCUT2D eigenvalue weighted by molar-refractivity contribution is 5.08. The minimum Gasteiger partial charge on any atom is -0.367 e. The summed E-state index contributed by atoms with van der Waals surface area (Å²) in [5.41, 5.74) is 6.94. The molecule has 3 N–H and O–H groups in total. The van der Waals surface area contributed by atoms with Crippen molar-refractivity contribution in [3.05, 3.63) is 24.0 Å². The maximum absolute atomic E-state index is 5.60. The Balaban J connectivity index is 2.28. The van der Waals surface area contributed by atoms with Crippen molar-refractivity contribution < 1.29 is 0 Å². The summed E-state index contributed by atoms with van der Waals surface area (Å²) in [6.07, 6.45) is 6.11. The molecule has 0 aromatic carbocycles. The SMILES string of the molecule is C[C@H](N)CCc1cc[nH]c1. The Hall–Kier alpha value is -0.760. The first-order valence-corrected chi connectivity index (χ1v) is 3.66. The van der Waals surface area contributed by atoms with Gasteiger partial charge in [-0.05, 0) is 31.4 Å². The van der Waals surface area contributed by atoms with Crippen LogP contribution in [0.3, 0.4) is 0 Å². The van der Waals surface area contributed by atoms with Crippen molar-refractivity contribution in [3.63, 3.8) is 0 Å². The first-order chi connectivity index (χ1) is 4.79. The van der Waals surface area contributed by atoms with Crippen LogP contribution in [0.5, 0.6) is 0 Å². The van der Waals surface area contributed by atoms with Gasteiger partial charge >= 0.3 is 0 Å². The van der Waals surface area contributed by atoms with Gasteiger partial charge in [0.25, 0.3) is 0 Å². The van der Waals surface area contributed by atoms with Crippen molar-refractivity contribution in [2.45, 2.75) is 25.8 Å². The molecule has 10 heavy (non-hydrogen) atoms. The van der Waals surface area contributed by atoms with Gasteiger partial charge in [-0.3, -0.25) is 0 Å². The molecule has 1 atom stereocenters. The minimum absolute atomic E-state index is 0.315. The van der Waals surface area contributed by atoms with Crippen molar-refractivity contribution in [3.8, 4) is 0 Å². The molecule has 0 aliphatic heterocycles. The Labute approximate surface area is 61.4 Å². The molecule has 0 radical (unpaired) electrons. The topological polar surface area (TPSA) is 41.8 Å². The quantitative estimate of drug-likeness (QED) is 0.649. The highest BCUT2D eigenvalue weighted by atomic mass is 14.6. The number of aryl methyl sites for hydroxylation is 1. The molecular formula is C8H14N2. The van der Waals surface area contributed by atoms with E-state index in [1.165, 1.54) is 5.56 Å². The zero-order valence-corrected chi connectivity index (χ0v) is 6.30. The van der Waals surface area contributed by atoms with Crippen LogP contribution in [0.1, 0.15) is 18.9 Å². The Bertz CT molecular complexity index is 165. The first-order valence-electron chi connectivity index (χ1n) is 3.66. The largest absolute Gasteiger partial charge is 0.367 e. The molecule has 0 aliphatic carbocycles. The van der Waals surface area contributed by atoms with Crippen LogP contribution in [0, 0.1) is 0 Å². The molecule has 1 aromatic rings. The van der Waals surface area contributed by atoms with E-state index in [1.807, 2.05) is 19.3 Å². The van der Waals surface area contributed by atoms with E-state index in [2.05, 4.69) is 11.1 Å². The average molecular weight is 138 g/mol. The standard InChI is InChI=1S/C8H14N2/c1-7(9)2-3-8-4-5-10-6-8/h4-7,10H,2-3,9H2,1H3/t7-/m0/s1. The van der Waals surface area contributed by atoms with Gasteiger partial charge in [0, 0.05) is 18.4 Å². The number of hydrogen-bond donors (Lipinski definition) is 2. The molecule has 1 aromatic heterocycles. The Morgan fingerprint density at radius 2 is 2.50 bits per heavy atom. The van der Waals surface area contributed by atoms with Crippen LogP contribution in [0.4, 0.5) is 0 Å². The second kappa shape index (κ2) is 3.42. The van der Waals surface area contributed by atoms with Gasteiger partial charge in [0.2, 0.25) is 0 Å². The van der Waals surface area contributed by atoms with E-state index in [-0.39, 0.29) is 0 Å². The fraction of sp³-hybridized carbons (Fsp3) is 0.500. The van der Waals surface area contributed by atoms with E-state index in [0.717, 1.165) is 12.8 Å². The van der Waals surface area contributed by atoms with Gasteiger partial charge in [-0.1, -0.05) is 0 Å². The van der Waals surface area contributed by atoms with Gasteiger partial charge in [0.15, 0.2) is 0 Å². The summed E-state index contributed by atoms with van der Waals surface area (Å²) in [6, 6.07) is 2.40. The van der Waals surface area contributed by atoms with Crippen molar-refractivity contribution in [1.82, 2.24) is 4.98 Å². The zero-order chi connectivity index (χ0) is 7.40. The summed E-state index contributed by atoms with van der Waals surface area (Å²) in [5.74, 6) is 0. The van der Waals surface area contributed by atoms with E-state index in [0.29, 0.717) is 6.04 Å². The third-order valence-corrected chi connectivity index (χ3v) is 1.55. The predicted octanol–water partition coefficient (Wildman–Crippen LogP) is 1.29. The summed E-state index contributed by atoms with van der Waals surface area (Å²) < 4.78 is 0. The molecule has 0 saturated heterocycles. The van der Waals surface area contributed by atoms with Gasteiger partial charge in [-0.15, -0.1) is 0 Å². The van der Waals surface area contributed by atoms with Crippen LogP contribution in [0.15, 0.2) is 18.5 Å². The fourth-order valence-corrected chi connectivity index (χ4v) is 0.908. The Morgan fingerprint density at radius 1 is 1.70 bits per heavy atom. The average Bonchev–Trinajstić information content (AvgIpc) is 2.34. The van der Waals surface area contributed by atoms with Gasteiger partial charge in [0.1, 0.15) is 0 Å². The van der Waals surface area contributed by atoms with Gasteiger partial charge < -0.3 is 10.7 Å². The highest BCUT2D eigenvalue weighted by Crippen LogP contribution is 2.01. The third-order valence-electron chi connectivity index (χ3n) is 1.55. The highest BCUT2D eigenvalue weighted by Gasteiger charge is 1.95. The number of aromatic nitrogens is 1. The smallest absolute Gasteiger partial charge is 0.00373 e. The lowest BCUT2D eigenvalue weighted by atomic mass is 10.1. The van der Waals surface area contributed by atoms with Crippen LogP contribution in [0.2, 0.25) is 0 Å². The maximum atomic E-state index is 5.60. The summed E-state index contributed by atoms with van der Waals surface area (Å²) in [7, 11) is 0. The van der Waals surface area contributed by atoms with E-state index in [1.54, 1.807) is 0 Å². The van der Waals surface area contributed by atoms with Crippen LogP contribution < -0.4 is 5.73 Å². The van der Waals surface area contributed by atoms with Gasteiger partial charge in [0.05, 0.1) is 0 Å². The molecule has 0 fully saturated rings. The van der Waals surface area contributed by atoms with Crippen LogP contribution in [0.25, 0.3) is 0 Å². The number of nitrogens with one attached hydrogen (secondary N) is 1. The monoisotopic (exact) mass is 138 g/mol. The number of hydrogen-bond acceptors (Lipinski definition) is 1. The summed E-state index contributed by atoms with van der Waals surface area (Å²) in [5, 5.41) is 0. The summed E-state index contributed by atoms with van der Waals surface area (Å²) >= 11 is 0. The molecule has 2 nitrogen and oxygen atoms in total. The molecule has 2 heteroatoms. The van der Waals surface area contributed by atoms with Gasteiger partial charge in [-0.25, -0.2) is 0 Å². The Morgan fingerprint density at radius 3 is 3.00 bits per heavy atom. The summed E-state index contributed by atoms with van der Waals surface area (Å²) in [6.45, 7) is 2.03. The normalized spacial score (nSPS) is 13.4. The number of H-pyrrole nitrogens is 1. The lowest BCUT2D eigenvalue weighted by Gasteiger charge is -2.01. The van der Waals surface area contributed by atoms with Crippen molar-refractivity contribution in [2.24, 2.45) is 5.73 Å². The first kappa shape index (κ1) is 7.35. The fourth-order valence-electron chi connectivity index (χ4n) is 0.908. The molecule has 0 amide bonds. The molecule has 0 bridgehead atoms. The van der Waals surface area contributed by atoms with Crippen molar-refractivity contribution >= 4 is 0 Å². The second-order valence-electron chi connectivity index (χ2n) is 2.74. The molecular weight excluding hydrogens is 124 g/mol. The predicted molar refractivity (Wildman–Crippen MR) is 42.8 cm³/mol. The molecule has 0 unspecified atom stereocenters. The second-order valence-corrected chi connectivity index (χ2v) is 2.74. The Kier molecular flexibility index (Phi) is 2.51. The molecule has 56 valence electrons. The van der Waals surface area contributed by atoms with E-state index in [9.17, 15) is 0 Å². The van der Waals surface area contributed by atoms with Crippen LogP contribution in [-0.4, -0.2) is 11.0 Å². The number of rotatable bonds is 3. The van der Waals surface area contributed by atoms with Gasteiger partial charge in [-0.2, -0.15) is 0 Å². The third kappa shape index (κ3) is 2.23. The van der Waals surface area contributed by atoms with Crippen molar-refractivity contribution in [1.29, 1.82) is 0 Å². The molecule has 0 saturated carbocycles. The molecule has 0 spiro atoms. The maximum Gasteiger partial charge on any atom is 0.00373 e. The zero-order valence-electron chi connectivity index (χ0n) is 6.30. The van der Waals surface area contributed by atoms with E-state index < -0.39 is 0 Å². The lowest BCUT2D eigenvalue weighted by molar-refractivity contribution is 0.666. The number of nitrogens with two attached hydrogens (primary N) is 1. The number of aromatic amines is 1. The molecule has 1 heterocycles. The summed E-state index contributed by atoms with van der Waals surface area (Å²) in [4.78, 5) is 3.01. The minimum atomic E-state index is 0.315. The molecule has 1 rings (SSSR count).